The minimum absolute atomic E-state index is 0.0216. The maximum atomic E-state index is 13.0. The molecule has 2 rings (SSSR count). The van der Waals surface area contributed by atoms with Crippen LogP contribution in [0.25, 0.3) is 6.08 Å². The summed E-state index contributed by atoms with van der Waals surface area (Å²) in [5.41, 5.74) is 0.569. The summed E-state index contributed by atoms with van der Waals surface area (Å²) in [4.78, 5) is 23.4. The molecule has 0 heterocycles. The van der Waals surface area contributed by atoms with Gasteiger partial charge in [-0.1, -0.05) is 24.6 Å². The largest absolute Gasteiger partial charge is 0.452 e. The van der Waals surface area contributed by atoms with E-state index in [1.807, 2.05) is 0 Å². The van der Waals surface area contributed by atoms with E-state index in [1.165, 1.54) is 30.4 Å². The topological polar surface area (TPSA) is 55.4 Å². The van der Waals surface area contributed by atoms with Crippen molar-refractivity contribution in [1.82, 2.24) is 5.32 Å². The minimum Gasteiger partial charge on any atom is -0.452 e. The van der Waals surface area contributed by atoms with Gasteiger partial charge in [0.15, 0.2) is 6.61 Å². The molecule has 1 N–H and O–H groups in total. The predicted octanol–water partition coefficient (Wildman–Crippen LogP) is 3.73. The highest BCUT2D eigenvalue weighted by molar-refractivity contribution is 6.30. The molecule has 6 heteroatoms. The van der Waals surface area contributed by atoms with E-state index in [4.69, 9.17) is 16.3 Å². The Balaban J connectivity index is 1.73. The van der Waals surface area contributed by atoms with Gasteiger partial charge in [-0.15, -0.1) is 0 Å². The molecule has 1 aliphatic rings. The number of ether oxygens (including phenoxy) is 1. The van der Waals surface area contributed by atoms with E-state index in [1.54, 1.807) is 0 Å². The fourth-order valence-corrected chi connectivity index (χ4v) is 2.83. The first-order valence-corrected chi connectivity index (χ1v) is 8.41. The van der Waals surface area contributed by atoms with Crippen molar-refractivity contribution in [3.05, 3.63) is 40.7 Å². The summed E-state index contributed by atoms with van der Waals surface area (Å²) in [6, 6.07) is 4.27. The van der Waals surface area contributed by atoms with E-state index in [0.29, 0.717) is 11.5 Å². The molecule has 0 atom stereocenters. The van der Waals surface area contributed by atoms with Gasteiger partial charge in [-0.25, -0.2) is 9.18 Å². The van der Waals surface area contributed by atoms with Gasteiger partial charge < -0.3 is 10.1 Å². The van der Waals surface area contributed by atoms with Crippen LogP contribution >= 0.6 is 11.6 Å². The van der Waals surface area contributed by atoms with Crippen LogP contribution in [0.1, 0.15) is 38.2 Å². The molecule has 1 aromatic rings. The second-order valence-electron chi connectivity index (χ2n) is 6.14. The Kier molecular flexibility index (Phi) is 6.79. The first kappa shape index (κ1) is 18.5. The molecule has 0 radical (unpaired) electrons. The van der Waals surface area contributed by atoms with Gasteiger partial charge in [-0.3, -0.25) is 4.79 Å². The van der Waals surface area contributed by atoms with Gasteiger partial charge in [0.05, 0.1) is 5.02 Å². The summed E-state index contributed by atoms with van der Waals surface area (Å²) in [6.07, 6.45) is 6.77. The Labute approximate surface area is 146 Å². The van der Waals surface area contributed by atoms with E-state index < -0.39 is 11.8 Å². The van der Waals surface area contributed by atoms with Crippen LogP contribution in [0, 0.1) is 11.7 Å². The van der Waals surface area contributed by atoms with Crippen molar-refractivity contribution in [3.8, 4) is 0 Å². The Morgan fingerprint density at radius 3 is 2.71 bits per heavy atom. The van der Waals surface area contributed by atoms with Crippen LogP contribution in [-0.2, 0) is 14.3 Å². The third-order valence-corrected chi connectivity index (χ3v) is 4.37. The first-order valence-electron chi connectivity index (χ1n) is 8.03. The van der Waals surface area contributed by atoms with Gasteiger partial charge in [0.25, 0.3) is 5.91 Å². The van der Waals surface area contributed by atoms with Gasteiger partial charge in [-0.05, 0) is 55.4 Å². The van der Waals surface area contributed by atoms with Crippen molar-refractivity contribution in [1.29, 1.82) is 0 Å². The normalized spacial score (nSPS) is 20.8. The zero-order valence-electron chi connectivity index (χ0n) is 13.6. The molecular weight excluding hydrogens is 333 g/mol. The molecule has 0 saturated heterocycles. The average Bonchev–Trinajstić information content (AvgIpc) is 2.56. The lowest BCUT2D eigenvalue weighted by molar-refractivity contribution is -0.144. The molecule has 0 aromatic heterocycles. The second kappa shape index (κ2) is 8.83. The molecule has 24 heavy (non-hydrogen) atoms. The number of carbonyl (C=O) groups excluding carboxylic acids is 2. The summed E-state index contributed by atoms with van der Waals surface area (Å²) in [7, 11) is 0. The van der Waals surface area contributed by atoms with Crippen molar-refractivity contribution < 1.29 is 18.7 Å². The number of amides is 1. The van der Waals surface area contributed by atoms with Gasteiger partial charge >= 0.3 is 5.97 Å². The lowest BCUT2D eigenvalue weighted by Crippen LogP contribution is -2.39. The number of hydrogen-bond donors (Lipinski definition) is 1. The molecule has 0 spiro atoms. The van der Waals surface area contributed by atoms with Crippen molar-refractivity contribution in [2.24, 2.45) is 5.92 Å². The minimum atomic E-state index is -0.636. The van der Waals surface area contributed by atoms with E-state index >= 15 is 0 Å². The Hall–Kier alpha value is -1.88. The molecule has 130 valence electrons. The van der Waals surface area contributed by atoms with E-state index in [2.05, 4.69) is 12.2 Å². The zero-order valence-corrected chi connectivity index (χ0v) is 14.3. The first-order chi connectivity index (χ1) is 11.4. The lowest BCUT2D eigenvalue weighted by atomic mass is 9.87. The van der Waals surface area contributed by atoms with E-state index in [-0.39, 0.29) is 23.6 Å². The number of halogens is 2. The quantitative estimate of drug-likeness (QED) is 0.648. The summed E-state index contributed by atoms with van der Waals surface area (Å²) in [5.74, 6) is -0.741. The van der Waals surface area contributed by atoms with Crippen molar-refractivity contribution >= 4 is 29.6 Å². The third kappa shape index (κ3) is 5.96. The van der Waals surface area contributed by atoms with Gasteiger partial charge in [0.1, 0.15) is 5.82 Å². The molecule has 1 fully saturated rings. The van der Waals surface area contributed by atoms with Gasteiger partial charge in [-0.2, -0.15) is 0 Å². The van der Waals surface area contributed by atoms with Gasteiger partial charge in [0.2, 0.25) is 0 Å². The Bertz CT molecular complexity index is 625. The molecule has 1 amide bonds. The number of nitrogens with one attached hydrogen (secondary N) is 1. The lowest BCUT2D eigenvalue weighted by Gasteiger charge is -2.26. The maximum absolute atomic E-state index is 13.0. The highest BCUT2D eigenvalue weighted by atomic mass is 35.5. The fraction of sp³-hybridized carbons (Fsp3) is 0.444. The Morgan fingerprint density at radius 2 is 2.04 bits per heavy atom. The SMILES string of the molecule is CC1CCC(NC(=O)COC(=O)/C=C/c2ccc(F)c(Cl)c2)CC1. The third-order valence-electron chi connectivity index (χ3n) is 4.08. The highest BCUT2D eigenvalue weighted by Crippen LogP contribution is 2.23. The highest BCUT2D eigenvalue weighted by Gasteiger charge is 2.19. The summed E-state index contributed by atoms with van der Waals surface area (Å²) < 4.78 is 17.9. The number of hydrogen-bond acceptors (Lipinski definition) is 3. The molecule has 0 aliphatic heterocycles. The summed E-state index contributed by atoms with van der Waals surface area (Å²) in [5, 5.41) is 2.86. The smallest absolute Gasteiger partial charge is 0.331 e. The van der Waals surface area contributed by atoms with Crippen LogP contribution in [0.15, 0.2) is 24.3 Å². The molecule has 1 aromatic carbocycles. The summed E-state index contributed by atoms with van der Waals surface area (Å²) >= 11 is 5.66. The molecule has 4 nitrogen and oxygen atoms in total. The average molecular weight is 354 g/mol. The molecule has 1 saturated carbocycles. The van der Waals surface area contributed by atoms with Crippen LogP contribution in [-0.4, -0.2) is 24.5 Å². The van der Waals surface area contributed by atoms with Crippen LogP contribution in [0.2, 0.25) is 5.02 Å². The van der Waals surface area contributed by atoms with Crippen LogP contribution in [0.5, 0.6) is 0 Å². The summed E-state index contributed by atoms with van der Waals surface area (Å²) in [6.45, 7) is 1.90. The van der Waals surface area contributed by atoms with E-state index in [0.717, 1.165) is 25.7 Å². The van der Waals surface area contributed by atoms with E-state index in [9.17, 15) is 14.0 Å². The molecule has 0 unspecified atom stereocenters. The predicted molar refractivity (Wildman–Crippen MR) is 91.0 cm³/mol. The fourth-order valence-electron chi connectivity index (χ4n) is 2.64. The Morgan fingerprint density at radius 1 is 1.33 bits per heavy atom. The van der Waals surface area contributed by atoms with Crippen LogP contribution < -0.4 is 5.32 Å². The number of benzene rings is 1. The molecule has 1 aliphatic carbocycles. The van der Waals surface area contributed by atoms with Crippen LogP contribution in [0.3, 0.4) is 0 Å². The maximum Gasteiger partial charge on any atom is 0.331 e. The monoisotopic (exact) mass is 353 g/mol. The second-order valence-corrected chi connectivity index (χ2v) is 6.55. The van der Waals surface area contributed by atoms with Crippen molar-refractivity contribution in [3.63, 3.8) is 0 Å². The van der Waals surface area contributed by atoms with Crippen LogP contribution in [0.4, 0.5) is 4.39 Å². The number of esters is 1. The van der Waals surface area contributed by atoms with Crippen molar-refractivity contribution in [2.45, 2.75) is 38.6 Å². The number of rotatable bonds is 5. The number of carbonyl (C=O) groups is 2. The zero-order chi connectivity index (χ0) is 17.5. The molecular formula is C18H21ClFNO3. The standard InChI is InChI=1S/C18H21ClFNO3/c1-12-2-6-14(7-3-12)21-17(22)11-24-18(23)9-5-13-4-8-16(20)15(19)10-13/h4-5,8-10,12,14H,2-3,6-7,11H2,1H3,(H,21,22)/b9-5+. The van der Waals surface area contributed by atoms with Gasteiger partial charge in [0, 0.05) is 12.1 Å². The van der Waals surface area contributed by atoms with Crippen molar-refractivity contribution in [2.75, 3.05) is 6.61 Å². The molecule has 0 bridgehead atoms.